The second-order valence-electron chi connectivity index (χ2n) is 2.86. The van der Waals surface area contributed by atoms with Crippen LogP contribution in [0, 0.1) is 5.92 Å². The van der Waals surface area contributed by atoms with E-state index >= 15 is 0 Å². The highest BCUT2D eigenvalue weighted by atomic mass is 32.2. The molecule has 1 aromatic rings. The molecular formula is C7H11N3O2S2. The van der Waals surface area contributed by atoms with Gasteiger partial charge in [-0.3, -0.25) is 4.79 Å². The van der Waals surface area contributed by atoms with E-state index in [1.165, 1.54) is 23.1 Å². The summed E-state index contributed by atoms with van der Waals surface area (Å²) in [5.74, 6) is -1.22. The number of hydrogen-bond donors (Lipinski definition) is 2. The predicted molar refractivity (Wildman–Crippen MR) is 56.4 cm³/mol. The lowest BCUT2D eigenvalue weighted by Gasteiger charge is -2.12. The van der Waals surface area contributed by atoms with Gasteiger partial charge in [-0.2, -0.15) is 0 Å². The molecule has 0 fully saturated rings. The minimum Gasteiger partial charge on any atom is -0.481 e. The number of aliphatic carboxylic acids is 1. The van der Waals surface area contributed by atoms with Crippen LogP contribution >= 0.6 is 23.1 Å². The van der Waals surface area contributed by atoms with Crippen molar-refractivity contribution in [2.75, 3.05) is 5.73 Å². The van der Waals surface area contributed by atoms with Gasteiger partial charge in [0.05, 0.1) is 5.92 Å². The van der Waals surface area contributed by atoms with Gasteiger partial charge < -0.3 is 10.8 Å². The van der Waals surface area contributed by atoms with Crippen LogP contribution in [0.2, 0.25) is 0 Å². The molecule has 2 unspecified atom stereocenters. The van der Waals surface area contributed by atoms with E-state index in [0.29, 0.717) is 9.47 Å². The second kappa shape index (κ2) is 4.61. The fourth-order valence-electron chi connectivity index (χ4n) is 0.730. The van der Waals surface area contributed by atoms with Crippen molar-refractivity contribution in [3.63, 3.8) is 0 Å². The molecule has 0 aromatic carbocycles. The summed E-state index contributed by atoms with van der Waals surface area (Å²) in [5.41, 5.74) is 5.41. The third-order valence-corrected chi connectivity index (χ3v) is 3.95. The molecule has 5 nitrogen and oxygen atoms in total. The van der Waals surface area contributed by atoms with Crippen LogP contribution in [-0.4, -0.2) is 26.5 Å². The standard InChI is InChI=1S/C7H11N3O2S2/c1-3(5(11)12)4(2)13-7-10-9-6(8)14-7/h3-4H,1-2H3,(H2,8,9)(H,11,12). The van der Waals surface area contributed by atoms with E-state index in [9.17, 15) is 4.79 Å². The number of carbonyl (C=O) groups is 1. The lowest BCUT2D eigenvalue weighted by Crippen LogP contribution is -2.19. The SMILES string of the molecule is CC(Sc1nnc(N)s1)C(C)C(=O)O. The quantitative estimate of drug-likeness (QED) is 0.762. The molecule has 0 bridgehead atoms. The molecule has 0 aliphatic carbocycles. The highest BCUT2D eigenvalue weighted by Gasteiger charge is 2.21. The molecule has 0 saturated carbocycles. The topological polar surface area (TPSA) is 89.1 Å². The van der Waals surface area contributed by atoms with Gasteiger partial charge >= 0.3 is 5.97 Å². The van der Waals surface area contributed by atoms with Crippen LogP contribution in [-0.2, 0) is 4.79 Å². The number of carboxylic acids is 1. The van der Waals surface area contributed by atoms with Gasteiger partial charge in [-0.1, -0.05) is 36.9 Å². The van der Waals surface area contributed by atoms with Crippen LogP contribution < -0.4 is 5.73 Å². The molecule has 0 radical (unpaired) electrons. The van der Waals surface area contributed by atoms with Crippen molar-refractivity contribution < 1.29 is 9.90 Å². The molecule has 2 atom stereocenters. The zero-order valence-electron chi connectivity index (χ0n) is 7.80. The Hall–Kier alpha value is -0.820. The fourth-order valence-corrected chi connectivity index (χ4v) is 2.70. The minimum absolute atomic E-state index is 0.0418. The molecule has 1 rings (SSSR count). The van der Waals surface area contributed by atoms with Gasteiger partial charge in [-0.05, 0) is 0 Å². The second-order valence-corrected chi connectivity index (χ2v) is 5.49. The van der Waals surface area contributed by atoms with Gasteiger partial charge in [0.15, 0.2) is 4.34 Å². The number of nitrogens with zero attached hydrogens (tertiary/aromatic N) is 2. The molecule has 0 aliphatic heterocycles. The Balaban J connectivity index is 2.56. The molecule has 3 N–H and O–H groups in total. The van der Waals surface area contributed by atoms with Crippen molar-refractivity contribution >= 4 is 34.2 Å². The molecule has 1 heterocycles. The van der Waals surface area contributed by atoms with Crippen molar-refractivity contribution in [2.45, 2.75) is 23.4 Å². The first-order valence-corrected chi connectivity index (χ1v) is 5.68. The largest absolute Gasteiger partial charge is 0.481 e. The van der Waals surface area contributed by atoms with E-state index in [1.807, 2.05) is 6.92 Å². The van der Waals surface area contributed by atoms with Gasteiger partial charge in [-0.25, -0.2) is 0 Å². The average molecular weight is 233 g/mol. The summed E-state index contributed by atoms with van der Waals surface area (Å²) in [6.07, 6.45) is 0. The highest BCUT2D eigenvalue weighted by Crippen LogP contribution is 2.30. The molecule has 0 aliphatic rings. The van der Waals surface area contributed by atoms with Gasteiger partial charge in [0.1, 0.15) is 0 Å². The maximum atomic E-state index is 10.7. The van der Waals surface area contributed by atoms with E-state index in [2.05, 4.69) is 10.2 Å². The van der Waals surface area contributed by atoms with Gasteiger partial charge in [0, 0.05) is 5.25 Å². The Morgan fingerprint density at radius 2 is 2.21 bits per heavy atom. The van der Waals surface area contributed by atoms with Crippen molar-refractivity contribution in [1.29, 1.82) is 0 Å². The molecule has 1 aromatic heterocycles. The maximum Gasteiger partial charge on any atom is 0.307 e. The Bertz CT molecular complexity index is 328. The molecule has 14 heavy (non-hydrogen) atoms. The number of nitrogen functional groups attached to an aromatic ring is 1. The average Bonchev–Trinajstić information content (AvgIpc) is 2.49. The van der Waals surface area contributed by atoms with Crippen LogP contribution in [0.4, 0.5) is 5.13 Å². The van der Waals surface area contributed by atoms with E-state index < -0.39 is 11.9 Å². The molecular weight excluding hydrogens is 222 g/mol. The third-order valence-electron chi connectivity index (χ3n) is 1.80. The number of carboxylic acid groups (broad SMARTS) is 1. The lowest BCUT2D eigenvalue weighted by atomic mass is 10.1. The molecule has 0 spiro atoms. The summed E-state index contributed by atoms with van der Waals surface area (Å²) >= 11 is 2.66. The van der Waals surface area contributed by atoms with Crippen molar-refractivity contribution in [3.05, 3.63) is 0 Å². The number of anilines is 1. The Labute approximate surface area is 89.7 Å². The Morgan fingerprint density at radius 3 is 2.64 bits per heavy atom. The lowest BCUT2D eigenvalue weighted by molar-refractivity contribution is -0.140. The number of hydrogen-bond acceptors (Lipinski definition) is 6. The van der Waals surface area contributed by atoms with Crippen molar-refractivity contribution in [3.8, 4) is 0 Å². The van der Waals surface area contributed by atoms with Crippen LogP contribution in [0.5, 0.6) is 0 Å². The molecule has 0 saturated heterocycles. The number of aromatic nitrogens is 2. The summed E-state index contributed by atoms with van der Waals surface area (Å²) in [4.78, 5) is 10.7. The Morgan fingerprint density at radius 1 is 1.57 bits per heavy atom. The van der Waals surface area contributed by atoms with E-state index in [-0.39, 0.29) is 5.25 Å². The smallest absolute Gasteiger partial charge is 0.307 e. The molecule has 78 valence electrons. The zero-order valence-corrected chi connectivity index (χ0v) is 9.43. The van der Waals surface area contributed by atoms with E-state index in [0.717, 1.165) is 0 Å². The highest BCUT2D eigenvalue weighted by molar-refractivity contribution is 8.01. The summed E-state index contributed by atoms with van der Waals surface area (Å²) in [6, 6.07) is 0. The van der Waals surface area contributed by atoms with Gasteiger partial charge in [0.25, 0.3) is 0 Å². The Kier molecular flexibility index (Phi) is 3.70. The van der Waals surface area contributed by atoms with Crippen LogP contribution in [0.25, 0.3) is 0 Å². The summed E-state index contributed by atoms with van der Waals surface area (Å²) in [5, 5.41) is 16.6. The summed E-state index contributed by atoms with van der Waals surface area (Å²) < 4.78 is 0.711. The number of nitrogens with two attached hydrogens (primary N) is 1. The zero-order chi connectivity index (χ0) is 10.7. The van der Waals surface area contributed by atoms with Crippen LogP contribution in [0.1, 0.15) is 13.8 Å². The first kappa shape index (κ1) is 11.3. The van der Waals surface area contributed by atoms with Gasteiger partial charge in [-0.15, -0.1) is 10.2 Å². The van der Waals surface area contributed by atoms with E-state index in [4.69, 9.17) is 10.8 Å². The van der Waals surface area contributed by atoms with Crippen molar-refractivity contribution in [2.24, 2.45) is 5.92 Å². The van der Waals surface area contributed by atoms with Crippen LogP contribution in [0.15, 0.2) is 4.34 Å². The summed E-state index contributed by atoms with van der Waals surface area (Å²) in [7, 11) is 0. The van der Waals surface area contributed by atoms with Gasteiger partial charge in [0.2, 0.25) is 5.13 Å². The first-order valence-electron chi connectivity index (χ1n) is 3.99. The van der Waals surface area contributed by atoms with Crippen molar-refractivity contribution in [1.82, 2.24) is 10.2 Å². The molecule has 7 heteroatoms. The fraction of sp³-hybridized carbons (Fsp3) is 0.571. The first-order chi connectivity index (χ1) is 6.50. The monoisotopic (exact) mass is 233 g/mol. The number of thioether (sulfide) groups is 1. The third kappa shape index (κ3) is 2.85. The minimum atomic E-state index is -0.803. The summed E-state index contributed by atoms with van der Waals surface area (Å²) in [6.45, 7) is 3.52. The number of rotatable bonds is 4. The predicted octanol–water partition coefficient (Wildman–Crippen LogP) is 1.32. The van der Waals surface area contributed by atoms with Crippen LogP contribution in [0.3, 0.4) is 0 Å². The maximum absolute atomic E-state index is 10.7. The van der Waals surface area contributed by atoms with E-state index in [1.54, 1.807) is 6.92 Å². The molecule has 0 amide bonds. The normalized spacial score (nSPS) is 15.0.